The number of benzene rings is 1. The summed E-state index contributed by atoms with van der Waals surface area (Å²) in [5.41, 5.74) is 5.29. The molecular weight excluding hydrogens is 355 g/mol. The first kappa shape index (κ1) is 15.9. The van der Waals surface area contributed by atoms with Crippen molar-refractivity contribution in [1.29, 1.82) is 0 Å². The minimum atomic E-state index is -4.44. The van der Waals surface area contributed by atoms with Crippen molar-refractivity contribution in [2.45, 2.75) is 25.1 Å². The van der Waals surface area contributed by atoms with Crippen LogP contribution in [0.2, 0.25) is 0 Å². The van der Waals surface area contributed by atoms with E-state index in [0.29, 0.717) is 11.1 Å². The summed E-state index contributed by atoms with van der Waals surface area (Å²) in [6, 6.07) is 5.22. The zero-order valence-electron chi connectivity index (χ0n) is 12.7. The number of fused-ring (bicyclic) bond motifs is 1. The molecule has 130 valence electrons. The molecule has 4 rings (SSSR count). The molecule has 0 spiro atoms. The number of nitrogens with two attached hydrogens (primary N) is 1. The maximum atomic E-state index is 12.8. The van der Waals surface area contributed by atoms with Crippen molar-refractivity contribution in [2.24, 2.45) is 5.73 Å². The highest BCUT2D eigenvalue weighted by Gasteiger charge is 2.35. The van der Waals surface area contributed by atoms with E-state index in [1.807, 2.05) is 4.90 Å². The third-order valence-electron chi connectivity index (χ3n) is 3.93. The number of nitrogens with zero attached hydrogens (tertiary/aromatic N) is 2. The largest absolute Gasteiger partial charge is 0.423 e. The molecule has 2 aromatic heterocycles. The van der Waals surface area contributed by atoms with Gasteiger partial charge in [-0.3, -0.25) is 9.69 Å². The average Bonchev–Trinajstić information content (AvgIpc) is 3.09. The number of thiophene rings is 1. The summed E-state index contributed by atoms with van der Waals surface area (Å²) in [6.07, 6.45) is -2.62. The second kappa shape index (κ2) is 5.48. The first-order chi connectivity index (χ1) is 11.8. The highest BCUT2D eigenvalue weighted by molar-refractivity contribution is 7.14. The minimum absolute atomic E-state index is 0.0714. The predicted molar refractivity (Wildman–Crippen MR) is 87.0 cm³/mol. The summed E-state index contributed by atoms with van der Waals surface area (Å²) in [7, 11) is 0. The first-order valence-electron chi connectivity index (χ1n) is 7.48. The van der Waals surface area contributed by atoms with Crippen molar-refractivity contribution in [2.75, 3.05) is 4.90 Å². The molecule has 2 N–H and O–H groups in total. The van der Waals surface area contributed by atoms with Crippen LogP contribution in [0.15, 0.2) is 34.1 Å². The Morgan fingerprint density at radius 3 is 2.68 bits per heavy atom. The Morgan fingerprint density at radius 2 is 2.08 bits per heavy atom. The number of amides is 1. The van der Waals surface area contributed by atoms with Crippen LogP contribution < -0.4 is 10.6 Å². The summed E-state index contributed by atoms with van der Waals surface area (Å²) in [4.78, 5) is 17.4. The van der Waals surface area contributed by atoms with E-state index in [-0.39, 0.29) is 17.6 Å². The number of hydrogen-bond donors (Lipinski definition) is 1. The van der Waals surface area contributed by atoms with Crippen LogP contribution in [0.3, 0.4) is 0 Å². The van der Waals surface area contributed by atoms with Crippen LogP contribution in [0.4, 0.5) is 24.2 Å². The lowest BCUT2D eigenvalue weighted by Crippen LogP contribution is -2.18. The molecule has 1 amide bonds. The first-order valence-corrected chi connectivity index (χ1v) is 8.36. The van der Waals surface area contributed by atoms with E-state index in [1.54, 1.807) is 11.4 Å². The fourth-order valence-electron chi connectivity index (χ4n) is 2.54. The van der Waals surface area contributed by atoms with Gasteiger partial charge in [0.2, 0.25) is 5.91 Å². The van der Waals surface area contributed by atoms with Crippen LogP contribution >= 0.6 is 11.3 Å². The van der Waals surface area contributed by atoms with Crippen LogP contribution in [-0.4, -0.2) is 16.9 Å². The van der Waals surface area contributed by atoms with Crippen molar-refractivity contribution < 1.29 is 22.4 Å². The Bertz CT molecular complexity index is 959. The molecule has 9 heteroatoms. The van der Waals surface area contributed by atoms with Crippen molar-refractivity contribution in [1.82, 2.24) is 4.98 Å². The van der Waals surface area contributed by atoms with E-state index in [2.05, 4.69) is 4.98 Å². The van der Waals surface area contributed by atoms with Gasteiger partial charge in [-0.25, -0.2) is 0 Å². The number of carbonyl (C=O) groups excluding carboxylic acids is 1. The van der Waals surface area contributed by atoms with Gasteiger partial charge in [0.05, 0.1) is 16.1 Å². The SMILES string of the molecule is NC(=O)c1csc(N(c2nc3ccc(C(F)(F)F)cc3o2)C2CC2)c1. The van der Waals surface area contributed by atoms with Gasteiger partial charge >= 0.3 is 12.2 Å². The number of aromatic nitrogens is 1. The Morgan fingerprint density at radius 1 is 1.32 bits per heavy atom. The molecule has 5 nitrogen and oxygen atoms in total. The van der Waals surface area contributed by atoms with Crippen molar-refractivity contribution in [3.63, 3.8) is 0 Å². The molecule has 0 unspecified atom stereocenters. The lowest BCUT2D eigenvalue weighted by atomic mass is 10.2. The van der Waals surface area contributed by atoms with E-state index in [4.69, 9.17) is 10.2 Å². The van der Waals surface area contributed by atoms with Gasteiger partial charge in [0.15, 0.2) is 5.58 Å². The van der Waals surface area contributed by atoms with E-state index in [1.165, 1.54) is 17.4 Å². The van der Waals surface area contributed by atoms with Crippen LogP contribution in [-0.2, 0) is 6.18 Å². The standard InChI is InChI=1S/C16H12F3N3O2S/c17-16(18,19)9-1-4-11-12(6-9)24-15(21-11)22(10-2-3-10)13-5-8(7-25-13)14(20)23/h1,4-7,10H,2-3H2,(H2,20,23). The summed E-state index contributed by atoms with van der Waals surface area (Å²) < 4.78 is 44.1. The molecule has 0 atom stereocenters. The lowest BCUT2D eigenvalue weighted by Gasteiger charge is -2.17. The quantitative estimate of drug-likeness (QED) is 0.746. The van der Waals surface area contributed by atoms with Crippen molar-refractivity contribution in [3.05, 3.63) is 40.8 Å². The Hall–Kier alpha value is -2.55. The van der Waals surface area contributed by atoms with E-state index < -0.39 is 17.6 Å². The normalized spacial score (nSPS) is 14.8. The molecule has 1 aliphatic carbocycles. The third-order valence-corrected chi connectivity index (χ3v) is 4.86. The zero-order valence-corrected chi connectivity index (χ0v) is 13.5. The highest BCUT2D eigenvalue weighted by Crippen LogP contribution is 2.42. The van der Waals surface area contributed by atoms with Crippen molar-refractivity contribution in [3.8, 4) is 0 Å². The fourth-order valence-corrected chi connectivity index (χ4v) is 3.50. The van der Waals surface area contributed by atoms with Gasteiger partial charge in [-0.05, 0) is 37.1 Å². The number of alkyl halides is 3. The second-order valence-electron chi connectivity index (χ2n) is 5.82. The van der Waals surface area contributed by atoms with Gasteiger partial charge < -0.3 is 10.2 Å². The lowest BCUT2D eigenvalue weighted by molar-refractivity contribution is -0.137. The Labute approximate surface area is 143 Å². The van der Waals surface area contributed by atoms with E-state index in [9.17, 15) is 18.0 Å². The summed E-state index contributed by atoms with van der Waals surface area (Å²) >= 11 is 1.31. The molecule has 1 fully saturated rings. The zero-order chi connectivity index (χ0) is 17.8. The molecule has 2 heterocycles. The van der Waals surface area contributed by atoms with Gasteiger partial charge in [-0.2, -0.15) is 18.2 Å². The second-order valence-corrected chi connectivity index (χ2v) is 6.71. The van der Waals surface area contributed by atoms with Gasteiger partial charge in [-0.15, -0.1) is 11.3 Å². The molecular formula is C16H12F3N3O2S. The maximum absolute atomic E-state index is 12.8. The molecule has 1 aliphatic rings. The number of anilines is 2. The number of carbonyl (C=O) groups is 1. The highest BCUT2D eigenvalue weighted by atomic mass is 32.1. The van der Waals surface area contributed by atoms with Crippen LogP contribution in [0.25, 0.3) is 11.1 Å². The Balaban J connectivity index is 1.76. The average molecular weight is 367 g/mol. The van der Waals surface area contributed by atoms with Gasteiger partial charge in [0.25, 0.3) is 0 Å². The van der Waals surface area contributed by atoms with E-state index >= 15 is 0 Å². The maximum Gasteiger partial charge on any atom is 0.416 e. The van der Waals surface area contributed by atoms with E-state index in [0.717, 1.165) is 30.0 Å². The number of oxazole rings is 1. The molecule has 1 saturated carbocycles. The number of rotatable bonds is 4. The molecule has 3 aromatic rings. The number of primary amides is 1. The smallest absolute Gasteiger partial charge is 0.416 e. The van der Waals surface area contributed by atoms with Gasteiger partial charge in [-0.1, -0.05) is 0 Å². The number of hydrogen-bond acceptors (Lipinski definition) is 5. The molecule has 1 aromatic carbocycles. The molecule has 0 aliphatic heterocycles. The fraction of sp³-hybridized carbons (Fsp3) is 0.250. The molecule has 0 bridgehead atoms. The molecule has 25 heavy (non-hydrogen) atoms. The molecule has 0 radical (unpaired) electrons. The summed E-state index contributed by atoms with van der Waals surface area (Å²) in [5, 5.41) is 2.36. The summed E-state index contributed by atoms with van der Waals surface area (Å²) in [6.45, 7) is 0. The minimum Gasteiger partial charge on any atom is -0.423 e. The van der Waals surface area contributed by atoms with Gasteiger partial charge in [0, 0.05) is 11.4 Å². The van der Waals surface area contributed by atoms with Crippen LogP contribution in [0, 0.1) is 0 Å². The summed E-state index contributed by atoms with van der Waals surface area (Å²) in [5.74, 6) is -0.536. The third kappa shape index (κ3) is 2.95. The predicted octanol–water partition coefficient (Wildman–Crippen LogP) is 4.31. The monoisotopic (exact) mass is 367 g/mol. The van der Waals surface area contributed by atoms with Crippen LogP contribution in [0.1, 0.15) is 28.8 Å². The van der Waals surface area contributed by atoms with Gasteiger partial charge in [0.1, 0.15) is 5.52 Å². The van der Waals surface area contributed by atoms with Crippen molar-refractivity contribution >= 4 is 39.4 Å². The molecule has 0 saturated heterocycles. The topological polar surface area (TPSA) is 72.4 Å². The Kier molecular flexibility index (Phi) is 3.50. The van der Waals surface area contributed by atoms with Crippen LogP contribution in [0.5, 0.6) is 0 Å². The number of halogens is 3.